The molecule has 0 atom stereocenters. The fraction of sp³-hybridized carbons (Fsp3) is 0.615. The fourth-order valence-corrected chi connectivity index (χ4v) is 1.33. The number of rotatable bonds is 8. The molecule has 1 N–H and O–H groups in total. The maximum Gasteiger partial charge on any atom is 0.0591 e. The topological polar surface area (TPSA) is 34.1 Å². The minimum absolute atomic E-state index is 0.791. The van der Waals surface area contributed by atoms with Gasteiger partial charge in [-0.05, 0) is 25.0 Å². The molecule has 90 valence electrons. The second kappa shape index (κ2) is 8.25. The number of aromatic nitrogens is 1. The summed E-state index contributed by atoms with van der Waals surface area (Å²) in [5, 5.41) is 3.33. The van der Waals surface area contributed by atoms with Gasteiger partial charge in [-0.25, -0.2) is 0 Å². The number of hydrogen-bond donors (Lipinski definition) is 1. The Labute approximate surface area is 98.2 Å². The molecule has 0 aliphatic carbocycles. The summed E-state index contributed by atoms with van der Waals surface area (Å²) >= 11 is 0. The van der Waals surface area contributed by atoms with Crippen LogP contribution in [0.1, 0.15) is 31.0 Å². The first-order valence-corrected chi connectivity index (χ1v) is 6.03. The number of hydrogen-bond acceptors (Lipinski definition) is 3. The van der Waals surface area contributed by atoms with Crippen molar-refractivity contribution < 1.29 is 4.74 Å². The highest BCUT2D eigenvalue weighted by Gasteiger charge is 1.93. The summed E-state index contributed by atoms with van der Waals surface area (Å²) in [4.78, 5) is 4.25. The average molecular weight is 222 g/mol. The summed E-state index contributed by atoms with van der Waals surface area (Å²) in [5.41, 5.74) is 2.28. The Morgan fingerprint density at radius 1 is 1.31 bits per heavy atom. The zero-order valence-corrected chi connectivity index (χ0v) is 10.3. The average Bonchev–Trinajstić information content (AvgIpc) is 2.30. The highest BCUT2D eigenvalue weighted by molar-refractivity contribution is 5.12. The molecule has 0 spiro atoms. The van der Waals surface area contributed by atoms with Gasteiger partial charge < -0.3 is 10.1 Å². The summed E-state index contributed by atoms with van der Waals surface area (Å²) < 4.78 is 5.45. The normalized spacial score (nSPS) is 10.6. The number of aryl methyl sites for hydroxylation is 1. The van der Waals surface area contributed by atoms with Crippen molar-refractivity contribution in [3.63, 3.8) is 0 Å². The first kappa shape index (κ1) is 13.1. The van der Waals surface area contributed by atoms with Crippen LogP contribution in [0, 0.1) is 6.92 Å². The molecular formula is C13H22N2O. The third-order valence-electron chi connectivity index (χ3n) is 2.37. The van der Waals surface area contributed by atoms with Gasteiger partial charge in [0.1, 0.15) is 0 Å². The second-order valence-electron chi connectivity index (χ2n) is 3.95. The van der Waals surface area contributed by atoms with E-state index < -0.39 is 0 Å². The highest BCUT2D eigenvalue weighted by Crippen LogP contribution is 1.98. The van der Waals surface area contributed by atoms with Gasteiger partial charge in [-0.15, -0.1) is 0 Å². The van der Waals surface area contributed by atoms with E-state index in [1.807, 2.05) is 19.2 Å². The van der Waals surface area contributed by atoms with Crippen LogP contribution in [0.4, 0.5) is 0 Å². The molecule has 0 saturated carbocycles. The lowest BCUT2D eigenvalue weighted by Gasteiger charge is -2.05. The van der Waals surface area contributed by atoms with Gasteiger partial charge in [0.25, 0.3) is 0 Å². The number of pyridine rings is 1. The molecule has 1 rings (SSSR count). The van der Waals surface area contributed by atoms with Crippen LogP contribution in [-0.4, -0.2) is 24.7 Å². The molecule has 0 fully saturated rings. The smallest absolute Gasteiger partial charge is 0.0591 e. The van der Waals surface area contributed by atoms with Crippen LogP contribution in [-0.2, 0) is 11.3 Å². The molecule has 3 heteroatoms. The zero-order chi connectivity index (χ0) is 11.6. The summed E-state index contributed by atoms with van der Waals surface area (Å²) in [7, 11) is 0. The van der Waals surface area contributed by atoms with E-state index in [2.05, 4.69) is 23.3 Å². The van der Waals surface area contributed by atoms with Crippen LogP contribution < -0.4 is 5.32 Å². The van der Waals surface area contributed by atoms with Crippen molar-refractivity contribution in [2.24, 2.45) is 0 Å². The van der Waals surface area contributed by atoms with Gasteiger partial charge in [0.15, 0.2) is 0 Å². The van der Waals surface area contributed by atoms with Gasteiger partial charge in [0.05, 0.1) is 6.61 Å². The summed E-state index contributed by atoms with van der Waals surface area (Å²) in [6.45, 7) is 7.61. The van der Waals surface area contributed by atoms with Crippen molar-refractivity contribution in [2.45, 2.75) is 33.2 Å². The van der Waals surface area contributed by atoms with Gasteiger partial charge in [-0.1, -0.05) is 19.4 Å². The molecule has 0 radical (unpaired) electrons. The lowest BCUT2D eigenvalue weighted by atomic mass is 10.2. The van der Waals surface area contributed by atoms with E-state index in [9.17, 15) is 0 Å². The van der Waals surface area contributed by atoms with Crippen molar-refractivity contribution >= 4 is 0 Å². The third-order valence-corrected chi connectivity index (χ3v) is 2.37. The molecular weight excluding hydrogens is 200 g/mol. The van der Waals surface area contributed by atoms with E-state index >= 15 is 0 Å². The van der Waals surface area contributed by atoms with Crippen LogP contribution in [0.5, 0.6) is 0 Å². The predicted molar refractivity (Wildman–Crippen MR) is 66.4 cm³/mol. The van der Waals surface area contributed by atoms with Crippen molar-refractivity contribution in [3.05, 3.63) is 29.6 Å². The van der Waals surface area contributed by atoms with Crippen molar-refractivity contribution in [2.75, 3.05) is 19.8 Å². The van der Waals surface area contributed by atoms with E-state index in [-0.39, 0.29) is 0 Å². The quantitative estimate of drug-likeness (QED) is 0.685. The van der Waals surface area contributed by atoms with Crippen LogP contribution in [0.15, 0.2) is 18.3 Å². The number of unbranched alkanes of at least 4 members (excludes halogenated alkanes) is 1. The standard InChI is InChI=1S/C13H22N2O/c1-3-4-8-16-9-7-14-10-13-6-5-12(2)15-11-13/h5-6,11,14H,3-4,7-10H2,1-2H3. The summed E-state index contributed by atoms with van der Waals surface area (Å²) in [6.07, 6.45) is 4.27. The first-order valence-electron chi connectivity index (χ1n) is 6.03. The van der Waals surface area contributed by atoms with Crippen LogP contribution in [0.25, 0.3) is 0 Å². The Hall–Kier alpha value is -0.930. The Balaban J connectivity index is 2.01. The predicted octanol–water partition coefficient (Wildman–Crippen LogP) is 2.30. The minimum atomic E-state index is 0.791. The molecule has 3 nitrogen and oxygen atoms in total. The van der Waals surface area contributed by atoms with Crippen LogP contribution in [0.3, 0.4) is 0 Å². The monoisotopic (exact) mass is 222 g/mol. The Morgan fingerprint density at radius 2 is 2.19 bits per heavy atom. The van der Waals surface area contributed by atoms with E-state index in [1.54, 1.807) is 0 Å². The molecule has 1 aromatic rings. The van der Waals surface area contributed by atoms with E-state index in [0.29, 0.717) is 0 Å². The van der Waals surface area contributed by atoms with Gasteiger partial charge in [-0.3, -0.25) is 4.98 Å². The molecule has 0 amide bonds. The molecule has 0 aliphatic heterocycles. The Kier molecular flexibility index (Phi) is 6.77. The van der Waals surface area contributed by atoms with E-state index in [0.717, 1.165) is 38.4 Å². The van der Waals surface area contributed by atoms with Crippen molar-refractivity contribution in [1.29, 1.82) is 0 Å². The SMILES string of the molecule is CCCCOCCNCc1ccc(C)nc1. The Bertz CT molecular complexity index is 272. The van der Waals surface area contributed by atoms with E-state index in [1.165, 1.54) is 12.0 Å². The second-order valence-corrected chi connectivity index (χ2v) is 3.95. The largest absolute Gasteiger partial charge is 0.380 e. The lowest BCUT2D eigenvalue weighted by Crippen LogP contribution is -2.19. The summed E-state index contributed by atoms with van der Waals surface area (Å²) in [5.74, 6) is 0. The van der Waals surface area contributed by atoms with Gasteiger partial charge in [-0.2, -0.15) is 0 Å². The molecule has 0 unspecified atom stereocenters. The number of nitrogens with one attached hydrogen (secondary N) is 1. The first-order chi connectivity index (χ1) is 7.83. The maximum absolute atomic E-state index is 5.45. The minimum Gasteiger partial charge on any atom is -0.380 e. The maximum atomic E-state index is 5.45. The molecule has 0 saturated heterocycles. The number of nitrogens with zero attached hydrogens (tertiary/aromatic N) is 1. The highest BCUT2D eigenvalue weighted by atomic mass is 16.5. The molecule has 0 aromatic carbocycles. The summed E-state index contributed by atoms with van der Waals surface area (Å²) in [6, 6.07) is 4.14. The Morgan fingerprint density at radius 3 is 2.88 bits per heavy atom. The molecule has 1 aromatic heterocycles. The molecule has 0 bridgehead atoms. The number of ether oxygens (including phenoxy) is 1. The molecule has 0 aliphatic rings. The fourth-order valence-electron chi connectivity index (χ4n) is 1.33. The van der Waals surface area contributed by atoms with Crippen LogP contribution in [0.2, 0.25) is 0 Å². The molecule has 1 heterocycles. The molecule has 16 heavy (non-hydrogen) atoms. The lowest BCUT2D eigenvalue weighted by molar-refractivity contribution is 0.133. The van der Waals surface area contributed by atoms with Crippen molar-refractivity contribution in [1.82, 2.24) is 10.3 Å². The van der Waals surface area contributed by atoms with Gasteiger partial charge in [0.2, 0.25) is 0 Å². The van der Waals surface area contributed by atoms with Gasteiger partial charge in [0, 0.05) is 31.6 Å². The third kappa shape index (κ3) is 5.83. The van der Waals surface area contributed by atoms with Gasteiger partial charge >= 0.3 is 0 Å². The zero-order valence-electron chi connectivity index (χ0n) is 10.3. The van der Waals surface area contributed by atoms with Crippen molar-refractivity contribution in [3.8, 4) is 0 Å². The van der Waals surface area contributed by atoms with E-state index in [4.69, 9.17) is 4.74 Å². The van der Waals surface area contributed by atoms with Crippen LogP contribution >= 0.6 is 0 Å².